The fraction of sp³-hybridized carbons (Fsp3) is 0.500. The molecule has 4 rings (SSSR count). The highest BCUT2D eigenvalue weighted by Crippen LogP contribution is 2.40. The Morgan fingerprint density at radius 3 is 2.66 bits per heavy atom. The van der Waals surface area contributed by atoms with Crippen LogP contribution < -0.4 is 16.0 Å². The first kappa shape index (κ1) is 24.6. The molecular formula is C24H32FN7O3. The van der Waals surface area contributed by atoms with Gasteiger partial charge in [0.1, 0.15) is 0 Å². The van der Waals surface area contributed by atoms with Gasteiger partial charge in [0.25, 0.3) is 5.91 Å². The third-order valence-electron chi connectivity index (χ3n) is 6.77. The van der Waals surface area contributed by atoms with Crippen molar-refractivity contribution in [1.29, 1.82) is 0 Å². The molecule has 0 saturated carbocycles. The maximum atomic E-state index is 14.7. The van der Waals surface area contributed by atoms with Gasteiger partial charge in [0.05, 0.1) is 29.0 Å². The lowest BCUT2D eigenvalue weighted by molar-refractivity contribution is 0.0994. The molecule has 11 heteroatoms. The minimum atomic E-state index is -0.655. The number of aromatic nitrogens is 4. The van der Waals surface area contributed by atoms with Crippen molar-refractivity contribution < 1.29 is 18.7 Å². The second-order valence-corrected chi connectivity index (χ2v) is 9.35. The van der Waals surface area contributed by atoms with Crippen LogP contribution in [0.4, 0.5) is 16.0 Å². The molecule has 1 aromatic carbocycles. The molecule has 188 valence electrons. The van der Waals surface area contributed by atoms with Gasteiger partial charge in [-0.3, -0.25) is 19.6 Å². The Morgan fingerprint density at radius 1 is 1.29 bits per heavy atom. The lowest BCUT2D eigenvalue weighted by Gasteiger charge is -2.34. The lowest BCUT2D eigenvalue weighted by atomic mass is 9.87. The zero-order valence-electron chi connectivity index (χ0n) is 20.8. The number of aryl methyl sites for hydroxylation is 2. The average Bonchev–Trinajstić information content (AvgIpc) is 3.26. The van der Waals surface area contributed by atoms with Crippen LogP contribution in [0.25, 0.3) is 11.0 Å². The largest absolute Gasteiger partial charge is 0.383 e. The van der Waals surface area contributed by atoms with E-state index in [2.05, 4.69) is 34.1 Å². The zero-order chi connectivity index (χ0) is 25.5. The Kier molecular flexibility index (Phi) is 6.54. The van der Waals surface area contributed by atoms with Gasteiger partial charge in [-0.1, -0.05) is 13.8 Å². The van der Waals surface area contributed by atoms with Gasteiger partial charge in [-0.25, -0.2) is 9.37 Å². The monoisotopic (exact) mass is 485 g/mol. The summed E-state index contributed by atoms with van der Waals surface area (Å²) in [5, 5.41) is 6.91. The quantitative estimate of drug-likeness (QED) is 0.506. The van der Waals surface area contributed by atoms with E-state index in [-0.39, 0.29) is 22.8 Å². The number of benzene rings is 1. The maximum absolute atomic E-state index is 14.7. The van der Waals surface area contributed by atoms with E-state index in [0.29, 0.717) is 43.9 Å². The number of rotatable bonds is 8. The van der Waals surface area contributed by atoms with Gasteiger partial charge in [-0.05, 0) is 32.4 Å². The number of hydrogen-bond donors (Lipinski definition) is 2. The Labute approximate surface area is 203 Å². The molecule has 0 fully saturated rings. The van der Waals surface area contributed by atoms with Crippen LogP contribution in [0.1, 0.15) is 53.7 Å². The summed E-state index contributed by atoms with van der Waals surface area (Å²) in [6.07, 6.45) is 0.858. The molecule has 1 aliphatic heterocycles. The number of imidazole rings is 1. The molecule has 3 N–H and O–H groups in total. The number of amides is 2. The molecule has 0 aliphatic carbocycles. The first-order valence-corrected chi connectivity index (χ1v) is 11.7. The highest BCUT2D eigenvalue weighted by Gasteiger charge is 2.34. The summed E-state index contributed by atoms with van der Waals surface area (Å²) in [5.74, 6) is -1.58. The van der Waals surface area contributed by atoms with Crippen molar-refractivity contribution in [1.82, 2.24) is 19.3 Å². The number of anilines is 2. The summed E-state index contributed by atoms with van der Waals surface area (Å²) in [5.41, 5.74) is 7.87. The van der Waals surface area contributed by atoms with Gasteiger partial charge in [0.15, 0.2) is 11.5 Å². The average molecular weight is 486 g/mol. The van der Waals surface area contributed by atoms with E-state index < -0.39 is 17.6 Å². The van der Waals surface area contributed by atoms with Gasteiger partial charge in [0.2, 0.25) is 11.9 Å². The van der Waals surface area contributed by atoms with Crippen LogP contribution in [0.5, 0.6) is 0 Å². The summed E-state index contributed by atoms with van der Waals surface area (Å²) in [7, 11) is 1.64. The minimum absolute atomic E-state index is 0.142. The van der Waals surface area contributed by atoms with Crippen molar-refractivity contribution in [3.05, 3.63) is 34.9 Å². The molecule has 3 aromatic rings. The number of methoxy groups -OCH3 is 1. The number of carbonyl (C=O) groups is 2. The van der Waals surface area contributed by atoms with Crippen LogP contribution in [0.3, 0.4) is 0 Å². The van der Waals surface area contributed by atoms with Gasteiger partial charge in [0, 0.05) is 44.3 Å². The molecule has 0 saturated heterocycles. The first-order chi connectivity index (χ1) is 16.6. The van der Waals surface area contributed by atoms with E-state index in [0.717, 1.165) is 17.6 Å². The molecule has 0 unspecified atom stereocenters. The standard InChI is InChI=1S/C24H32FN7O3/c1-6-24(4)12-30(8-9-35-5)17-11-15(21(26)33)10-16-19(17)31(13-24)23(27-16)28-22(34)20-18(25)14(3)29-32(20)7-2/h10-11H,6-9,12-13H2,1-5H3,(H2,26,33)(H,27,28,34)/t24-/m1/s1. The minimum Gasteiger partial charge on any atom is -0.383 e. The Morgan fingerprint density at radius 2 is 2.03 bits per heavy atom. The summed E-state index contributed by atoms with van der Waals surface area (Å²) < 4.78 is 23.4. The van der Waals surface area contributed by atoms with E-state index in [9.17, 15) is 14.0 Å². The van der Waals surface area contributed by atoms with Gasteiger partial charge < -0.3 is 19.9 Å². The molecule has 2 aromatic heterocycles. The summed E-state index contributed by atoms with van der Waals surface area (Å²) in [4.78, 5) is 32.1. The Hall–Kier alpha value is -3.47. The van der Waals surface area contributed by atoms with E-state index in [1.807, 2.05) is 4.57 Å². The molecule has 1 aliphatic rings. The number of hydrogen-bond acceptors (Lipinski definition) is 6. The number of nitrogens with one attached hydrogen (secondary N) is 1. The van der Waals surface area contributed by atoms with E-state index in [1.54, 1.807) is 26.2 Å². The smallest absolute Gasteiger partial charge is 0.279 e. The molecule has 1 atom stereocenters. The third kappa shape index (κ3) is 4.36. The predicted octanol–water partition coefficient (Wildman–Crippen LogP) is 2.93. The fourth-order valence-electron chi connectivity index (χ4n) is 4.65. The number of halogens is 1. The molecule has 0 bridgehead atoms. The predicted molar refractivity (Wildman–Crippen MR) is 131 cm³/mol. The Balaban J connectivity index is 1.89. The third-order valence-corrected chi connectivity index (χ3v) is 6.77. The number of nitrogens with zero attached hydrogens (tertiary/aromatic N) is 5. The second kappa shape index (κ2) is 9.29. The molecule has 3 heterocycles. The number of ether oxygens (including phenoxy) is 1. The van der Waals surface area contributed by atoms with Crippen LogP contribution in [-0.2, 0) is 17.8 Å². The van der Waals surface area contributed by atoms with Gasteiger partial charge in [-0.2, -0.15) is 5.10 Å². The van der Waals surface area contributed by atoms with Crippen molar-refractivity contribution in [3.8, 4) is 0 Å². The van der Waals surface area contributed by atoms with E-state index in [1.165, 1.54) is 11.6 Å². The molecule has 2 amide bonds. The van der Waals surface area contributed by atoms with Crippen LogP contribution in [-0.4, -0.2) is 58.0 Å². The SMILES string of the molecule is CCn1nc(C)c(F)c1C(=O)Nc1nc2cc(C(N)=O)cc3c2n1C[C@](C)(CC)CN3CCOC. The van der Waals surface area contributed by atoms with Crippen LogP contribution in [0.2, 0.25) is 0 Å². The van der Waals surface area contributed by atoms with E-state index >= 15 is 0 Å². The normalized spacial score (nSPS) is 17.6. The summed E-state index contributed by atoms with van der Waals surface area (Å²) in [6, 6.07) is 3.39. The highest BCUT2D eigenvalue weighted by molar-refractivity contribution is 6.05. The van der Waals surface area contributed by atoms with Gasteiger partial charge in [-0.15, -0.1) is 0 Å². The zero-order valence-corrected chi connectivity index (χ0v) is 20.8. The topological polar surface area (TPSA) is 120 Å². The summed E-state index contributed by atoms with van der Waals surface area (Å²) in [6.45, 7) is 10.3. The Bertz CT molecular complexity index is 1300. The van der Waals surface area contributed by atoms with E-state index in [4.69, 9.17) is 10.5 Å². The molecule has 10 nitrogen and oxygen atoms in total. The lowest BCUT2D eigenvalue weighted by Crippen LogP contribution is -2.38. The first-order valence-electron chi connectivity index (χ1n) is 11.7. The van der Waals surface area contributed by atoms with Crippen LogP contribution >= 0.6 is 0 Å². The van der Waals surface area contributed by atoms with Crippen molar-refractivity contribution >= 4 is 34.5 Å². The van der Waals surface area contributed by atoms with Crippen LogP contribution in [0.15, 0.2) is 12.1 Å². The van der Waals surface area contributed by atoms with Crippen molar-refractivity contribution in [2.24, 2.45) is 11.1 Å². The van der Waals surface area contributed by atoms with Crippen molar-refractivity contribution in [2.45, 2.75) is 47.2 Å². The fourth-order valence-corrected chi connectivity index (χ4v) is 4.65. The molecular weight excluding hydrogens is 453 g/mol. The van der Waals surface area contributed by atoms with Crippen molar-refractivity contribution in [2.75, 3.05) is 37.0 Å². The molecule has 0 radical (unpaired) electrons. The maximum Gasteiger partial charge on any atom is 0.279 e. The number of primary amides is 1. The summed E-state index contributed by atoms with van der Waals surface area (Å²) >= 11 is 0. The highest BCUT2D eigenvalue weighted by atomic mass is 19.1. The molecule has 0 spiro atoms. The number of carbonyl (C=O) groups excluding carboxylic acids is 2. The van der Waals surface area contributed by atoms with Crippen molar-refractivity contribution in [3.63, 3.8) is 0 Å². The van der Waals surface area contributed by atoms with Crippen LogP contribution in [0, 0.1) is 18.2 Å². The second-order valence-electron chi connectivity index (χ2n) is 9.35. The number of nitrogens with two attached hydrogens (primary N) is 1. The molecule has 35 heavy (non-hydrogen) atoms. The van der Waals surface area contributed by atoms with Gasteiger partial charge >= 0.3 is 0 Å².